The molecule has 1 heterocycles. The number of hydrogen-bond donors (Lipinski definition) is 7. The molecule has 1 aromatic rings. The number of nitrogens with two attached hydrogens (primary N) is 3. The van der Waals surface area contributed by atoms with Crippen LogP contribution < -0.4 is 27.8 Å². The van der Waals surface area contributed by atoms with Gasteiger partial charge in [0, 0.05) is 13.1 Å². The fraction of sp³-hybridized carbons (Fsp3) is 0.560. The fourth-order valence-electron chi connectivity index (χ4n) is 4.28. The Labute approximate surface area is 231 Å². The highest BCUT2D eigenvalue weighted by atomic mass is 32.2. The number of rotatable bonds is 15. The van der Waals surface area contributed by atoms with E-state index in [1.807, 2.05) is 6.26 Å². The lowest BCUT2D eigenvalue weighted by atomic mass is 10.0. The Hall–Kier alpha value is -3.52. The molecule has 4 atom stereocenters. The summed E-state index contributed by atoms with van der Waals surface area (Å²) in [6, 6.07) is 2.42. The van der Waals surface area contributed by atoms with Crippen molar-refractivity contribution in [3.05, 3.63) is 29.8 Å². The summed E-state index contributed by atoms with van der Waals surface area (Å²) in [5.74, 6) is -2.14. The van der Waals surface area contributed by atoms with Crippen LogP contribution in [0.5, 0.6) is 5.75 Å². The third-order valence-corrected chi connectivity index (χ3v) is 7.00. The van der Waals surface area contributed by atoms with Gasteiger partial charge >= 0.3 is 5.97 Å². The molecule has 0 bridgehead atoms. The van der Waals surface area contributed by atoms with Crippen LogP contribution in [0.3, 0.4) is 0 Å². The molecule has 4 unspecified atom stereocenters. The molecule has 216 valence electrons. The predicted molar refractivity (Wildman–Crippen MR) is 149 cm³/mol. The minimum Gasteiger partial charge on any atom is -0.508 e. The van der Waals surface area contributed by atoms with E-state index in [1.54, 1.807) is 12.1 Å². The van der Waals surface area contributed by atoms with Crippen molar-refractivity contribution in [1.29, 1.82) is 0 Å². The van der Waals surface area contributed by atoms with Gasteiger partial charge in [-0.25, -0.2) is 4.79 Å². The molecule has 14 heteroatoms. The third kappa shape index (κ3) is 10.3. The molecule has 39 heavy (non-hydrogen) atoms. The molecule has 1 aromatic carbocycles. The quantitative estimate of drug-likeness (QED) is 0.0788. The van der Waals surface area contributed by atoms with Crippen molar-refractivity contribution in [3.8, 4) is 5.75 Å². The fourth-order valence-corrected chi connectivity index (χ4v) is 4.75. The Morgan fingerprint density at radius 1 is 1.13 bits per heavy atom. The van der Waals surface area contributed by atoms with Gasteiger partial charge < -0.3 is 42.9 Å². The number of carbonyl (C=O) groups is 4. The third-order valence-electron chi connectivity index (χ3n) is 6.35. The zero-order chi connectivity index (χ0) is 28.9. The second-order valence-electron chi connectivity index (χ2n) is 9.36. The van der Waals surface area contributed by atoms with E-state index in [-0.39, 0.29) is 37.5 Å². The molecule has 1 aliphatic heterocycles. The van der Waals surface area contributed by atoms with Gasteiger partial charge in [0.1, 0.15) is 23.9 Å². The number of aliphatic carboxylic acids is 1. The van der Waals surface area contributed by atoms with Crippen molar-refractivity contribution in [1.82, 2.24) is 15.5 Å². The maximum absolute atomic E-state index is 13.6. The van der Waals surface area contributed by atoms with Gasteiger partial charge in [-0.1, -0.05) is 12.1 Å². The number of likely N-dealkylation sites (tertiary alicyclic amines) is 1. The predicted octanol–water partition coefficient (Wildman–Crippen LogP) is -0.886. The van der Waals surface area contributed by atoms with E-state index in [2.05, 4.69) is 15.6 Å². The maximum Gasteiger partial charge on any atom is 0.326 e. The van der Waals surface area contributed by atoms with Gasteiger partial charge in [0.15, 0.2) is 5.96 Å². The average molecular weight is 566 g/mol. The topological polar surface area (TPSA) is 226 Å². The molecule has 1 aliphatic rings. The molecule has 0 aromatic heterocycles. The molecule has 13 nitrogen and oxygen atoms in total. The van der Waals surface area contributed by atoms with Crippen LogP contribution in [-0.2, 0) is 25.6 Å². The van der Waals surface area contributed by atoms with E-state index < -0.39 is 47.9 Å². The number of aliphatic imine (C=N–C) groups is 1. The molecule has 0 spiro atoms. The number of carboxylic acid groups (broad SMARTS) is 1. The second kappa shape index (κ2) is 15.8. The number of carboxylic acids is 1. The van der Waals surface area contributed by atoms with E-state index in [0.29, 0.717) is 31.6 Å². The van der Waals surface area contributed by atoms with Gasteiger partial charge in [-0.15, -0.1) is 0 Å². The smallest absolute Gasteiger partial charge is 0.326 e. The lowest BCUT2D eigenvalue weighted by molar-refractivity contribution is -0.145. The van der Waals surface area contributed by atoms with Crippen LogP contribution in [0.1, 0.15) is 37.7 Å². The van der Waals surface area contributed by atoms with Crippen molar-refractivity contribution in [2.24, 2.45) is 22.2 Å². The minimum atomic E-state index is -1.14. The summed E-state index contributed by atoms with van der Waals surface area (Å²) in [6.07, 6.45) is 3.79. The standard InChI is InChI=1S/C25H39N7O6S/c1-39-13-10-19(24(37)38)31-22(35)20-5-3-12-32(20)23(36)18(4-2-11-29-25(27)28)30-21(34)17(26)14-15-6-8-16(33)9-7-15/h6-9,17-20,33H,2-5,10-14,26H2,1H3,(H,30,34)(H,31,35)(H,37,38)(H4,27,28,29). The number of nitrogens with zero attached hydrogens (tertiary/aromatic N) is 2. The molecule has 1 saturated heterocycles. The van der Waals surface area contributed by atoms with E-state index in [1.165, 1.54) is 28.8 Å². The molecule has 10 N–H and O–H groups in total. The number of nitrogens with one attached hydrogen (secondary N) is 2. The van der Waals surface area contributed by atoms with E-state index in [4.69, 9.17) is 17.2 Å². The van der Waals surface area contributed by atoms with Crippen LogP contribution in [0.4, 0.5) is 0 Å². The summed E-state index contributed by atoms with van der Waals surface area (Å²) < 4.78 is 0. The minimum absolute atomic E-state index is 0.0892. The van der Waals surface area contributed by atoms with Crippen molar-refractivity contribution < 1.29 is 29.4 Å². The van der Waals surface area contributed by atoms with Crippen LogP contribution in [-0.4, -0.2) is 94.0 Å². The first kappa shape index (κ1) is 31.7. The Morgan fingerprint density at radius 2 is 1.82 bits per heavy atom. The number of thioether (sulfide) groups is 1. The van der Waals surface area contributed by atoms with Gasteiger partial charge in [-0.05, 0) is 68.2 Å². The summed E-state index contributed by atoms with van der Waals surface area (Å²) in [5, 5.41) is 24.2. The van der Waals surface area contributed by atoms with Crippen LogP contribution >= 0.6 is 11.8 Å². The van der Waals surface area contributed by atoms with Crippen molar-refractivity contribution in [2.75, 3.05) is 25.1 Å². The summed E-state index contributed by atoms with van der Waals surface area (Å²) in [7, 11) is 0. The second-order valence-corrected chi connectivity index (χ2v) is 10.3. The molecule has 2 rings (SSSR count). The SMILES string of the molecule is CSCCC(NC(=O)C1CCCN1C(=O)C(CCCN=C(N)N)NC(=O)C(N)Cc1ccc(O)cc1)C(=O)O. The van der Waals surface area contributed by atoms with Crippen LogP contribution in [0.2, 0.25) is 0 Å². The molecular formula is C25H39N7O6S. The van der Waals surface area contributed by atoms with Gasteiger partial charge in [-0.2, -0.15) is 11.8 Å². The lowest BCUT2D eigenvalue weighted by Crippen LogP contribution is -2.57. The van der Waals surface area contributed by atoms with Gasteiger partial charge in [0.05, 0.1) is 6.04 Å². The molecule has 3 amide bonds. The number of phenols is 1. The van der Waals surface area contributed by atoms with Crippen molar-refractivity contribution in [2.45, 2.75) is 62.7 Å². The first-order valence-electron chi connectivity index (χ1n) is 12.7. The first-order chi connectivity index (χ1) is 18.5. The summed E-state index contributed by atoms with van der Waals surface area (Å²) >= 11 is 1.47. The zero-order valence-electron chi connectivity index (χ0n) is 22.0. The highest BCUT2D eigenvalue weighted by Crippen LogP contribution is 2.20. The first-order valence-corrected chi connectivity index (χ1v) is 14.1. The van der Waals surface area contributed by atoms with Gasteiger partial charge in [0.25, 0.3) is 0 Å². The summed E-state index contributed by atoms with van der Waals surface area (Å²) in [4.78, 5) is 56.5. The largest absolute Gasteiger partial charge is 0.508 e. The van der Waals surface area contributed by atoms with E-state index >= 15 is 0 Å². The van der Waals surface area contributed by atoms with Crippen molar-refractivity contribution >= 4 is 41.4 Å². The number of carbonyl (C=O) groups excluding carboxylic acids is 3. The highest BCUT2D eigenvalue weighted by molar-refractivity contribution is 7.98. The van der Waals surface area contributed by atoms with Crippen LogP contribution in [0.15, 0.2) is 29.3 Å². The molecule has 0 aliphatic carbocycles. The number of phenolic OH excluding ortho intramolecular Hbond substituents is 1. The maximum atomic E-state index is 13.6. The number of amides is 3. The Kier molecular flexibility index (Phi) is 12.8. The van der Waals surface area contributed by atoms with Gasteiger partial charge in [-0.3, -0.25) is 19.4 Å². The molecule has 0 radical (unpaired) electrons. The van der Waals surface area contributed by atoms with Gasteiger partial charge in [0.2, 0.25) is 17.7 Å². The Morgan fingerprint density at radius 3 is 2.44 bits per heavy atom. The summed E-state index contributed by atoms with van der Waals surface area (Å²) in [5.41, 5.74) is 17.6. The number of benzene rings is 1. The van der Waals surface area contributed by atoms with E-state index in [0.717, 1.165) is 5.56 Å². The molecule has 1 fully saturated rings. The lowest BCUT2D eigenvalue weighted by Gasteiger charge is -2.30. The monoisotopic (exact) mass is 565 g/mol. The average Bonchev–Trinajstić information content (AvgIpc) is 3.39. The highest BCUT2D eigenvalue weighted by Gasteiger charge is 2.39. The molecular weight excluding hydrogens is 526 g/mol. The van der Waals surface area contributed by atoms with Crippen molar-refractivity contribution in [3.63, 3.8) is 0 Å². The van der Waals surface area contributed by atoms with Crippen LogP contribution in [0, 0.1) is 0 Å². The normalized spacial score (nSPS) is 17.1. The Bertz CT molecular complexity index is 1020. The van der Waals surface area contributed by atoms with Crippen LogP contribution in [0.25, 0.3) is 0 Å². The summed E-state index contributed by atoms with van der Waals surface area (Å²) in [6.45, 7) is 0.528. The number of hydrogen-bond acceptors (Lipinski definition) is 8. The number of aromatic hydroxyl groups is 1. The number of guanidine groups is 1. The van der Waals surface area contributed by atoms with E-state index in [9.17, 15) is 29.4 Å². The Balaban J connectivity index is 2.13. The zero-order valence-corrected chi connectivity index (χ0v) is 22.9. The molecule has 0 saturated carbocycles.